The zero-order chi connectivity index (χ0) is 14.5. The van der Waals surface area contributed by atoms with Crippen LogP contribution in [0.4, 0.5) is 5.69 Å². The maximum Gasteiger partial charge on any atom is 0.328 e. The fraction of sp³-hybridized carbons (Fsp3) is 0.0833. The topological polar surface area (TPSA) is 110 Å². The number of hydrogen-bond donors (Lipinski definition) is 2. The number of rotatable bonds is 4. The van der Waals surface area contributed by atoms with Crippen LogP contribution in [0.1, 0.15) is 12.7 Å². The van der Waals surface area contributed by atoms with Gasteiger partial charge in [0, 0.05) is 18.7 Å². The Hall–Kier alpha value is -3.03. The Labute approximate surface area is 113 Å². The zero-order valence-corrected chi connectivity index (χ0v) is 10.5. The van der Waals surface area contributed by atoms with Gasteiger partial charge in [-0.25, -0.2) is 4.79 Å². The van der Waals surface area contributed by atoms with E-state index in [4.69, 9.17) is 5.11 Å². The lowest BCUT2D eigenvalue weighted by atomic mass is 10.2. The van der Waals surface area contributed by atoms with Crippen molar-refractivity contribution in [3.63, 3.8) is 0 Å². The summed E-state index contributed by atoms with van der Waals surface area (Å²) in [6.45, 7) is 1.41. The molecule has 1 amide bonds. The smallest absolute Gasteiger partial charge is 0.328 e. The molecule has 0 aliphatic heterocycles. The molecule has 20 heavy (non-hydrogen) atoms. The molecule has 0 saturated carbocycles. The molecule has 102 valence electrons. The molecule has 1 aromatic carbocycles. The molecule has 8 heteroatoms. The van der Waals surface area contributed by atoms with Gasteiger partial charge in [0.05, 0.1) is 5.69 Å². The highest BCUT2D eigenvalue weighted by Gasteiger charge is 2.07. The van der Waals surface area contributed by atoms with Gasteiger partial charge < -0.3 is 10.4 Å². The van der Waals surface area contributed by atoms with Crippen molar-refractivity contribution in [2.45, 2.75) is 6.92 Å². The van der Waals surface area contributed by atoms with Crippen LogP contribution in [-0.2, 0) is 9.59 Å². The molecule has 1 heterocycles. The second-order valence-electron chi connectivity index (χ2n) is 3.85. The molecule has 0 unspecified atom stereocenters. The summed E-state index contributed by atoms with van der Waals surface area (Å²) in [4.78, 5) is 21.5. The average Bonchev–Trinajstić information content (AvgIpc) is 2.84. The predicted octanol–water partition coefficient (Wildman–Crippen LogP) is 0.718. The van der Waals surface area contributed by atoms with Crippen molar-refractivity contribution in [1.29, 1.82) is 0 Å². The molecule has 0 aliphatic rings. The van der Waals surface area contributed by atoms with Crippen molar-refractivity contribution in [3.05, 3.63) is 36.2 Å². The molecule has 0 aliphatic carbocycles. The fourth-order valence-corrected chi connectivity index (χ4v) is 1.55. The first-order valence-corrected chi connectivity index (χ1v) is 5.63. The third kappa shape index (κ3) is 3.25. The van der Waals surface area contributed by atoms with E-state index in [1.54, 1.807) is 24.3 Å². The third-order valence-electron chi connectivity index (χ3n) is 2.28. The number of aliphatic carboxylic acids is 1. The fourth-order valence-electron chi connectivity index (χ4n) is 1.55. The van der Waals surface area contributed by atoms with Crippen LogP contribution < -0.4 is 5.32 Å². The molecule has 2 rings (SSSR count). The standard InChI is InChI=1S/C12H11N5O3/c1-8(18)13-9-3-2-4-10(7-9)17-11(14-15-16-17)5-6-12(19)20/h2-7H,1H3,(H,13,18)(H,19,20)/b6-5+. The van der Waals surface area contributed by atoms with Crippen LogP contribution in [0.15, 0.2) is 30.3 Å². The van der Waals surface area contributed by atoms with Crippen LogP contribution in [0.5, 0.6) is 0 Å². The molecule has 2 N–H and O–H groups in total. The second-order valence-corrected chi connectivity index (χ2v) is 3.85. The summed E-state index contributed by atoms with van der Waals surface area (Å²) < 4.78 is 1.37. The molecule has 1 aromatic heterocycles. The van der Waals surface area contributed by atoms with Crippen molar-refractivity contribution in [1.82, 2.24) is 20.2 Å². The molecule has 0 bridgehead atoms. The Balaban J connectivity index is 2.34. The molecule has 0 radical (unpaired) electrons. The average molecular weight is 273 g/mol. The number of carboxylic acids is 1. The first-order chi connectivity index (χ1) is 9.56. The molecule has 0 saturated heterocycles. The Morgan fingerprint density at radius 1 is 1.40 bits per heavy atom. The molecular formula is C12H11N5O3. The lowest BCUT2D eigenvalue weighted by Gasteiger charge is -2.05. The Bertz CT molecular complexity index is 677. The van der Waals surface area contributed by atoms with E-state index in [9.17, 15) is 9.59 Å². The number of aromatic nitrogens is 4. The highest BCUT2D eigenvalue weighted by Crippen LogP contribution is 2.15. The number of anilines is 1. The number of nitrogens with one attached hydrogen (secondary N) is 1. The van der Waals surface area contributed by atoms with E-state index in [0.717, 1.165) is 6.08 Å². The highest BCUT2D eigenvalue weighted by molar-refractivity contribution is 5.89. The van der Waals surface area contributed by atoms with Crippen LogP contribution in [0.2, 0.25) is 0 Å². The van der Waals surface area contributed by atoms with E-state index in [1.165, 1.54) is 17.7 Å². The van der Waals surface area contributed by atoms with E-state index >= 15 is 0 Å². The van der Waals surface area contributed by atoms with Crippen molar-refractivity contribution in [2.75, 3.05) is 5.32 Å². The van der Waals surface area contributed by atoms with Crippen molar-refractivity contribution in [3.8, 4) is 5.69 Å². The second kappa shape index (κ2) is 5.74. The summed E-state index contributed by atoms with van der Waals surface area (Å²) >= 11 is 0. The molecule has 0 fully saturated rings. The Kier molecular flexibility index (Phi) is 3.85. The molecular weight excluding hydrogens is 262 g/mol. The van der Waals surface area contributed by atoms with E-state index in [1.807, 2.05) is 0 Å². The number of nitrogens with zero attached hydrogens (tertiary/aromatic N) is 4. The monoisotopic (exact) mass is 273 g/mol. The highest BCUT2D eigenvalue weighted by atomic mass is 16.4. The zero-order valence-electron chi connectivity index (χ0n) is 10.5. The Morgan fingerprint density at radius 3 is 2.90 bits per heavy atom. The SMILES string of the molecule is CC(=O)Nc1cccc(-n2nnnc2/C=C/C(=O)O)c1. The van der Waals surface area contributed by atoms with Gasteiger partial charge in [-0.05, 0) is 34.7 Å². The van der Waals surface area contributed by atoms with Crippen LogP contribution in [0, 0.1) is 0 Å². The summed E-state index contributed by atoms with van der Waals surface area (Å²) in [5, 5.41) is 22.2. The first-order valence-electron chi connectivity index (χ1n) is 5.63. The lowest BCUT2D eigenvalue weighted by molar-refractivity contribution is -0.131. The molecule has 0 atom stereocenters. The number of benzene rings is 1. The summed E-state index contributed by atoms with van der Waals surface area (Å²) in [6.07, 6.45) is 2.23. The normalized spacial score (nSPS) is 10.7. The number of hydrogen-bond acceptors (Lipinski definition) is 5. The third-order valence-corrected chi connectivity index (χ3v) is 2.28. The number of tetrazole rings is 1. The lowest BCUT2D eigenvalue weighted by Crippen LogP contribution is -2.07. The van der Waals surface area contributed by atoms with Crippen LogP contribution in [0.25, 0.3) is 11.8 Å². The van der Waals surface area contributed by atoms with E-state index in [2.05, 4.69) is 20.8 Å². The summed E-state index contributed by atoms with van der Waals surface area (Å²) in [7, 11) is 0. The summed E-state index contributed by atoms with van der Waals surface area (Å²) in [6, 6.07) is 6.87. The van der Waals surface area contributed by atoms with E-state index in [0.29, 0.717) is 11.4 Å². The number of carbonyl (C=O) groups excluding carboxylic acids is 1. The minimum Gasteiger partial charge on any atom is -0.478 e. The van der Waals surface area contributed by atoms with E-state index < -0.39 is 5.97 Å². The summed E-state index contributed by atoms with van der Waals surface area (Å²) in [5.41, 5.74) is 1.20. The minimum absolute atomic E-state index is 0.190. The van der Waals surface area contributed by atoms with Crippen LogP contribution in [-0.4, -0.2) is 37.2 Å². The number of carboxylic acid groups (broad SMARTS) is 1. The predicted molar refractivity (Wildman–Crippen MR) is 70.1 cm³/mol. The van der Waals surface area contributed by atoms with Gasteiger partial charge in [0.25, 0.3) is 0 Å². The van der Waals surface area contributed by atoms with Gasteiger partial charge in [-0.1, -0.05) is 6.07 Å². The van der Waals surface area contributed by atoms with Gasteiger partial charge in [0.1, 0.15) is 0 Å². The molecule has 2 aromatic rings. The van der Waals surface area contributed by atoms with Crippen molar-refractivity contribution < 1.29 is 14.7 Å². The van der Waals surface area contributed by atoms with Crippen LogP contribution in [0.3, 0.4) is 0 Å². The van der Waals surface area contributed by atoms with Gasteiger partial charge in [-0.2, -0.15) is 4.68 Å². The summed E-state index contributed by atoms with van der Waals surface area (Å²) in [5.74, 6) is -1.01. The molecule has 0 spiro atoms. The molecule has 8 nitrogen and oxygen atoms in total. The first kappa shape index (κ1) is 13.4. The van der Waals surface area contributed by atoms with Gasteiger partial charge in [0.15, 0.2) is 5.82 Å². The maximum absolute atomic E-state index is 11.0. The van der Waals surface area contributed by atoms with Crippen molar-refractivity contribution in [2.24, 2.45) is 0 Å². The number of carbonyl (C=O) groups is 2. The Morgan fingerprint density at radius 2 is 2.20 bits per heavy atom. The van der Waals surface area contributed by atoms with E-state index in [-0.39, 0.29) is 11.7 Å². The maximum atomic E-state index is 11.0. The van der Waals surface area contributed by atoms with Crippen molar-refractivity contribution >= 4 is 23.6 Å². The number of amides is 1. The largest absolute Gasteiger partial charge is 0.478 e. The minimum atomic E-state index is -1.09. The van der Waals surface area contributed by atoms with Gasteiger partial charge in [0.2, 0.25) is 5.91 Å². The quantitative estimate of drug-likeness (QED) is 0.794. The van der Waals surface area contributed by atoms with Crippen LogP contribution >= 0.6 is 0 Å². The van der Waals surface area contributed by atoms with Gasteiger partial charge >= 0.3 is 5.97 Å². The van der Waals surface area contributed by atoms with Gasteiger partial charge in [-0.3, -0.25) is 4.79 Å². The van der Waals surface area contributed by atoms with Gasteiger partial charge in [-0.15, -0.1) is 5.10 Å².